The van der Waals surface area contributed by atoms with Crippen molar-refractivity contribution in [2.24, 2.45) is 4.99 Å². The molecule has 1 aromatic rings. The zero-order valence-corrected chi connectivity index (χ0v) is 9.99. The van der Waals surface area contributed by atoms with Crippen LogP contribution in [-0.4, -0.2) is 17.0 Å². The van der Waals surface area contributed by atoms with Gasteiger partial charge in [-0.05, 0) is 45.0 Å². The number of nitriles is 1. The maximum atomic E-state index is 12.7. The molecule has 0 aliphatic rings. The van der Waals surface area contributed by atoms with Crippen LogP contribution in [0.25, 0.3) is 0 Å². The smallest absolute Gasteiger partial charge is 0.221 e. The van der Waals surface area contributed by atoms with E-state index in [0.717, 1.165) is 0 Å². The van der Waals surface area contributed by atoms with Crippen LogP contribution in [0.15, 0.2) is 29.3 Å². The van der Waals surface area contributed by atoms with Gasteiger partial charge in [-0.15, -0.1) is 0 Å². The maximum absolute atomic E-state index is 12.7. The largest absolute Gasteiger partial charge is 0.286 e. The topological polar surface area (TPSA) is 53.2 Å². The van der Waals surface area contributed by atoms with E-state index >= 15 is 0 Å². The summed E-state index contributed by atoms with van der Waals surface area (Å²) >= 11 is 0. The molecule has 0 atom stereocenters. The highest BCUT2D eigenvalue weighted by Gasteiger charge is 2.17. The lowest BCUT2D eigenvalue weighted by atomic mass is 10.1. The van der Waals surface area contributed by atoms with Crippen molar-refractivity contribution in [1.29, 1.82) is 5.26 Å². The van der Waals surface area contributed by atoms with Crippen LogP contribution in [0.1, 0.15) is 31.1 Å². The van der Waals surface area contributed by atoms with Crippen LogP contribution in [0.2, 0.25) is 0 Å². The first-order valence-corrected chi connectivity index (χ1v) is 5.14. The molecule has 0 heterocycles. The van der Waals surface area contributed by atoms with E-state index < -0.39 is 17.1 Å². The second kappa shape index (κ2) is 4.88. The number of nitrogens with zero attached hydrogens (tertiary/aromatic N) is 2. The molecule has 0 spiro atoms. The monoisotopic (exact) mass is 232 g/mol. The molecule has 1 rings (SSSR count). The minimum atomic E-state index is -0.499. The summed E-state index contributed by atoms with van der Waals surface area (Å²) in [6.07, 6.45) is 0. The van der Waals surface area contributed by atoms with Crippen molar-refractivity contribution in [3.63, 3.8) is 0 Å². The van der Waals surface area contributed by atoms with Crippen molar-refractivity contribution in [1.82, 2.24) is 0 Å². The Labute approximate surface area is 99.6 Å². The van der Waals surface area contributed by atoms with Crippen molar-refractivity contribution >= 4 is 11.5 Å². The van der Waals surface area contributed by atoms with Crippen molar-refractivity contribution in [3.8, 4) is 6.07 Å². The molecule has 88 valence electrons. The number of hydrogen-bond donors (Lipinski definition) is 0. The summed E-state index contributed by atoms with van der Waals surface area (Å²) in [7, 11) is 0. The first kappa shape index (κ1) is 13.0. The van der Waals surface area contributed by atoms with Crippen molar-refractivity contribution in [2.45, 2.75) is 26.3 Å². The summed E-state index contributed by atoms with van der Waals surface area (Å²) in [6, 6.07) is 6.82. The number of halogens is 1. The van der Waals surface area contributed by atoms with Gasteiger partial charge in [0.25, 0.3) is 0 Å². The Morgan fingerprint density at radius 2 is 1.82 bits per heavy atom. The summed E-state index contributed by atoms with van der Waals surface area (Å²) in [4.78, 5) is 15.9. The van der Waals surface area contributed by atoms with Gasteiger partial charge < -0.3 is 0 Å². The zero-order valence-electron chi connectivity index (χ0n) is 9.99. The molecule has 0 fully saturated rings. The molecular formula is C13H13FN2O. The van der Waals surface area contributed by atoms with Crippen LogP contribution >= 0.6 is 0 Å². The van der Waals surface area contributed by atoms with Crippen molar-refractivity contribution in [2.75, 3.05) is 0 Å². The molecule has 0 bridgehead atoms. The lowest BCUT2D eigenvalue weighted by Crippen LogP contribution is -2.19. The molecule has 0 aromatic heterocycles. The van der Waals surface area contributed by atoms with E-state index in [1.807, 2.05) is 0 Å². The average Bonchev–Trinajstić information content (AvgIpc) is 2.25. The van der Waals surface area contributed by atoms with E-state index in [1.165, 1.54) is 24.3 Å². The quantitative estimate of drug-likeness (QED) is 0.581. The highest BCUT2D eigenvalue weighted by atomic mass is 19.1. The van der Waals surface area contributed by atoms with Crippen LogP contribution in [0.5, 0.6) is 0 Å². The van der Waals surface area contributed by atoms with E-state index in [1.54, 1.807) is 26.8 Å². The molecule has 1 aromatic carbocycles. The van der Waals surface area contributed by atoms with Gasteiger partial charge in [-0.1, -0.05) is 0 Å². The Kier molecular flexibility index (Phi) is 3.74. The fourth-order valence-corrected chi connectivity index (χ4v) is 1.20. The Hall–Kier alpha value is -2.02. The van der Waals surface area contributed by atoms with Gasteiger partial charge in [-0.2, -0.15) is 5.26 Å². The molecule has 3 nitrogen and oxygen atoms in total. The molecule has 0 saturated carbocycles. The van der Waals surface area contributed by atoms with Crippen LogP contribution in [0.3, 0.4) is 0 Å². The predicted octanol–water partition coefficient (Wildman–Crippen LogP) is 2.77. The molecule has 0 radical (unpaired) electrons. The molecular weight excluding hydrogens is 219 g/mol. The van der Waals surface area contributed by atoms with Gasteiger partial charge in [0, 0.05) is 5.56 Å². The number of benzene rings is 1. The van der Waals surface area contributed by atoms with Crippen molar-refractivity contribution in [3.05, 3.63) is 35.6 Å². The van der Waals surface area contributed by atoms with Gasteiger partial charge in [-0.3, -0.25) is 9.79 Å². The molecule has 4 heteroatoms. The second-order valence-electron chi connectivity index (χ2n) is 4.58. The lowest BCUT2D eigenvalue weighted by molar-refractivity contribution is 0.106. The Balaban J connectivity index is 3.08. The van der Waals surface area contributed by atoms with Gasteiger partial charge in [-0.25, -0.2) is 4.39 Å². The van der Waals surface area contributed by atoms with Gasteiger partial charge >= 0.3 is 0 Å². The third-order valence-electron chi connectivity index (χ3n) is 1.87. The van der Waals surface area contributed by atoms with E-state index in [-0.39, 0.29) is 11.3 Å². The molecule has 0 unspecified atom stereocenters. The number of hydrogen-bond acceptors (Lipinski definition) is 3. The number of ketones is 1. The summed E-state index contributed by atoms with van der Waals surface area (Å²) in [5.41, 5.74) is -0.402. The Morgan fingerprint density at radius 3 is 2.24 bits per heavy atom. The van der Waals surface area contributed by atoms with Crippen molar-refractivity contribution < 1.29 is 9.18 Å². The van der Waals surface area contributed by atoms with Gasteiger partial charge in [0.05, 0.1) is 5.54 Å². The molecule has 17 heavy (non-hydrogen) atoms. The fourth-order valence-electron chi connectivity index (χ4n) is 1.20. The second-order valence-corrected chi connectivity index (χ2v) is 4.58. The first-order valence-electron chi connectivity index (χ1n) is 5.14. The third-order valence-corrected chi connectivity index (χ3v) is 1.87. The number of carbonyl (C=O) groups excluding carboxylic acids is 1. The Morgan fingerprint density at radius 1 is 1.29 bits per heavy atom. The predicted molar refractivity (Wildman–Crippen MR) is 63.5 cm³/mol. The number of Topliss-reactive ketones (excluding diaryl/α,β-unsaturated/α-hetero) is 1. The SMILES string of the molecule is CC(C)(C)N=C(C#N)C(=O)c1ccc(F)cc1. The first-order chi connectivity index (χ1) is 7.83. The molecule has 0 aliphatic heterocycles. The van der Waals surface area contributed by atoms with Crippen LogP contribution in [-0.2, 0) is 0 Å². The minimum Gasteiger partial charge on any atom is -0.286 e. The summed E-state index contributed by atoms with van der Waals surface area (Å²) in [5, 5.41) is 8.90. The highest BCUT2D eigenvalue weighted by Crippen LogP contribution is 2.10. The molecule has 0 saturated heterocycles. The average molecular weight is 232 g/mol. The molecule has 0 amide bonds. The van der Waals surface area contributed by atoms with Gasteiger partial charge in [0.1, 0.15) is 11.9 Å². The lowest BCUT2D eigenvalue weighted by Gasteiger charge is -2.12. The van der Waals surface area contributed by atoms with Gasteiger partial charge in [0.2, 0.25) is 5.78 Å². The van der Waals surface area contributed by atoms with E-state index in [4.69, 9.17) is 5.26 Å². The van der Waals surface area contributed by atoms with E-state index in [0.29, 0.717) is 0 Å². The van der Waals surface area contributed by atoms with Crippen LogP contribution in [0, 0.1) is 17.1 Å². The number of carbonyl (C=O) groups is 1. The fraction of sp³-hybridized carbons (Fsp3) is 0.308. The Bertz CT molecular complexity index is 490. The number of aliphatic imine (C=N–C) groups is 1. The normalized spacial score (nSPS) is 12.1. The molecule has 0 N–H and O–H groups in total. The number of rotatable bonds is 2. The van der Waals surface area contributed by atoms with Crippen LogP contribution in [0.4, 0.5) is 4.39 Å². The summed E-state index contributed by atoms with van der Waals surface area (Å²) in [5.74, 6) is -0.907. The molecule has 0 aliphatic carbocycles. The summed E-state index contributed by atoms with van der Waals surface area (Å²) < 4.78 is 12.7. The van der Waals surface area contributed by atoms with Crippen LogP contribution < -0.4 is 0 Å². The zero-order chi connectivity index (χ0) is 13.1. The standard InChI is InChI=1S/C13H13FN2O/c1-13(2,3)16-11(8-15)12(17)9-4-6-10(14)7-5-9/h4-7H,1-3H3. The van der Waals surface area contributed by atoms with E-state index in [2.05, 4.69) is 4.99 Å². The highest BCUT2D eigenvalue weighted by molar-refractivity contribution is 6.51. The van der Waals surface area contributed by atoms with E-state index in [9.17, 15) is 9.18 Å². The maximum Gasteiger partial charge on any atom is 0.221 e. The summed E-state index contributed by atoms with van der Waals surface area (Å²) in [6.45, 7) is 5.38. The third kappa shape index (κ3) is 3.80. The van der Waals surface area contributed by atoms with Gasteiger partial charge in [0.15, 0.2) is 5.71 Å². The minimum absolute atomic E-state index is 0.163.